The van der Waals surface area contributed by atoms with Crippen molar-refractivity contribution < 1.29 is 18.8 Å². The van der Waals surface area contributed by atoms with Gasteiger partial charge < -0.3 is 9.16 Å². The van der Waals surface area contributed by atoms with Gasteiger partial charge in [0.15, 0.2) is 14.1 Å². The first-order valence-corrected chi connectivity index (χ1v) is 11.4. The van der Waals surface area contributed by atoms with Gasteiger partial charge in [0.1, 0.15) is 0 Å². The number of ether oxygens (including phenoxy) is 1. The first-order valence-electron chi connectivity index (χ1n) is 7.60. The lowest BCUT2D eigenvalue weighted by Crippen LogP contribution is -2.51. The van der Waals surface area contributed by atoms with Crippen LogP contribution in [0.2, 0.25) is 18.1 Å². The fourth-order valence-electron chi connectivity index (χ4n) is 1.88. The molecule has 130 valence electrons. The number of rotatable bonds is 7. The zero-order valence-electron chi connectivity index (χ0n) is 15.4. The maximum atomic E-state index is 12.5. The van der Waals surface area contributed by atoms with Crippen LogP contribution in [0.4, 0.5) is 0 Å². The average Bonchev–Trinajstić information content (AvgIpc) is 2.34. The Morgan fingerprint density at radius 3 is 1.91 bits per heavy atom. The summed E-state index contributed by atoms with van der Waals surface area (Å²) in [4.78, 5) is 24.0. The van der Waals surface area contributed by atoms with Gasteiger partial charge in [-0.2, -0.15) is 0 Å². The number of halogens is 1. The lowest BCUT2D eigenvalue weighted by Gasteiger charge is -2.43. The van der Waals surface area contributed by atoms with E-state index in [-0.39, 0.29) is 28.0 Å². The number of hydrogen-bond donors (Lipinski definition) is 0. The van der Waals surface area contributed by atoms with Crippen molar-refractivity contribution >= 4 is 36.0 Å². The molecule has 0 amide bonds. The van der Waals surface area contributed by atoms with Gasteiger partial charge >= 0.3 is 5.97 Å². The van der Waals surface area contributed by atoms with Gasteiger partial charge in [0.2, 0.25) is 0 Å². The van der Waals surface area contributed by atoms with Gasteiger partial charge in [-0.1, -0.05) is 50.5 Å². The Kier molecular flexibility index (Phi) is 7.51. The molecule has 0 aliphatic carbocycles. The summed E-state index contributed by atoms with van der Waals surface area (Å²) in [5, 5.41) is 0.000511. The fourth-order valence-corrected chi connectivity index (χ4v) is 3.92. The number of esters is 1. The summed E-state index contributed by atoms with van der Waals surface area (Å²) in [6.45, 7) is 16.1. The third-order valence-electron chi connectivity index (χ3n) is 4.62. The molecule has 1 unspecified atom stereocenters. The van der Waals surface area contributed by atoms with Crippen LogP contribution in [0.1, 0.15) is 48.0 Å². The van der Waals surface area contributed by atoms with E-state index >= 15 is 0 Å². The molecule has 0 aromatic rings. The number of methoxy groups -OCH3 is 1. The van der Waals surface area contributed by atoms with E-state index < -0.39 is 19.8 Å². The molecule has 22 heavy (non-hydrogen) atoms. The molecule has 0 saturated heterocycles. The summed E-state index contributed by atoms with van der Waals surface area (Å²) >= 11 is 3.34. The van der Waals surface area contributed by atoms with E-state index in [1.54, 1.807) is 6.92 Å². The van der Waals surface area contributed by atoms with E-state index in [0.717, 1.165) is 0 Å². The summed E-state index contributed by atoms with van der Waals surface area (Å²) in [7, 11) is -0.758. The van der Waals surface area contributed by atoms with E-state index in [9.17, 15) is 9.59 Å². The van der Waals surface area contributed by atoms with E-state index in [1.807, 2.05) is 13.8 Å². The Hall–Kier alpha value is -0.203. The van der Waals surface area contributed by atoms with Crippen molar-refractivity contribution in [2.75, 3.05) is 7.11 Å². The average molecular weight is 395 g/mol. The van der Waals surface area contributed by atoms with Crippen molar-refractivity contribution in [1.82, 2.24) is 0 Å². The largest absolute Gasteiger partial charge is 0.469 e. The fraction of sp³-hybridized carbons (Fsp3) is 0.875. The molecule has 2 atom stereocenters. The van der Waals surface area contributed by atoms with Crippen LogP contribution in [0.3, 0.4) is 0 Å². The number of hydrogen-bond acceptors (Lipinski definition) is 4. The van der Waals surface area contributed by atoms with E-state index in [4.69, 9.17) is 9.16 Å². The molecule has 0 aliphatic rings. The monoisotopic (exact) mass is 394 g/mol. The summed E-state index contributed by atoms with van der Waals surface area (Å²) in [5.74, 6) is -0.327. The minimum absolute atomic E-state index is 0.000511. The highest BCUT2D eigenvalue weighted by molar-refractivity contribution is 9.10. The smallest absolute Gasteiger partial charge is 0.308 e. The van der Waals surface area contributed by atoms with Crippen LogP contribution in [0, 0.1) is 5.41 Å². The molecule has 0 N–H and O–H groups in total. The topological polar surface area (TPSA) is 52.6 Å². The number of carbonyl (C=O) groups excluding carboxylic acids is 2. The molecule has 0 rings (SSSR count). The highest BCUT2D eigenvalue weighted by atomic mass is 79.9. The summed E-state index contributed by atoms with van der Waals surface area (Å²) in [5.41, 5.74) is -0.771. The van der Waals surface area contributed by atoms with Crippen molar-refractivity contribution in [3.05, 3.63) is 0 Å². The van der Waals surface area contributed by atoms with Gasteiger partial charge in [0.05, 0.1) is 24.5 Å². The maximum absolute atomic E-state index is 12.5. The third kappa shape index (κ3) is 5.46. The zero-order chi connectivity index (χ0) is 17.9. The Morgan fingerprint density at radius 1 is 1.14 bits per heavy atom. The molecular weight excluding hydrogens is 364 g/mol. The Labute approximate surface area is 144 Å². The Morgan fingerprint density at radius 2 is 1.59 bits per heavy atom. The molecule has 0 spiro atoms. The highest BCUT2D eigenvalue weighted by Gasteiger charge is 2.46. The molecule has 0 aromatic carbocycles. The van der Waals surface area contributed by atoms with Crippen LogP contribution in [0.5, 0.6) is 0 Å². The normalized spacial score (nSPS) is 16.1. The van der Waals surface area contributed by atoms with E-state index in [1.165, 1.54) is 7.11 Å². The molecule has 0 fully saturated rings. The van der Waals surface area contributed by atoms with Crippen LogP contribution >= 0.6 is 15.9 Å². The van der Waals surface area contributed by atoms with Gasteiger partial charge in [-0.25, -0.2) is 0 Å². The maximum Gasteiger partial charge on any atom is 0.308 e. The first kappa shape index (κ1) is 21.8. The second-order valence-corrected chi connectivity index (χ2v) is 14.0. The minimum Gasteiger partial charge on any atom is -0.469 e. The molecule has 0 bridgehead atoms. The summed E-state index contributed by atoms with van der Waals surface area (Å²) in [6.07, 6.45) is -0.407. The molecule has 0 radical (unpaired) electrons. The first-order chi connectivity index (χ1) is 9.66. The van der Waals surface area contributed by atoms with Crippen molar-refractivity contribution in [3.63, 3.8) is 0 Å². The quantitative estimate of drug-likeness (QED) is 0.366. The third-order valence-corrected chi connectivity index (χ3v) is 9.53. The summed E-state index contributed by atoms with van der Waals surface area (Å²) < 4.78 is 11.2. The lowest BCUT2D eigenvalue weighted by atomic mass is 9.79. The minimum atomic E-state index is -2.11. The van der Waals surface area contributed by atoms with Crippen LogP contribution in [0.25, 0.3) is 0 Å². The lowest BCUT2D eigenvalue weighted by molar-refractivity contribution is -0.146. The van der Waals surface area contributed by atoms with Crippen LogP contribution in [-0.2, 0) is 18.8 Å². The molecule has 0 aliphatic heterocycles. The molecule has 0 aromatic heterocycles. The standard InChI is InChI=1S/C16H31BrO4Si/c1-11(17)14(19)16(5,6)12(10-13(18)20-7)21-22(8,9)15(2,3)4/h11-12H,10H2,1-9H3/t11?,12-/m0/s1. The number of alkyl halides is 1. The van der Waals surface area contributed by atoms with Gasteiger partial charge in [0.25, 0.3) is 0 Å². The number of Topliss-reactive ketones (excluding diaryl/α,β-unsaturated/α-hetero) is 1. The van der Waals surface area contributed by atoms with Gasteiger partial charge in [-0.3, -0.25) is 9.59 Å². The Bertz CT molecular complexity index is 411. The molecule has 4 nitrogen and oxygen atoms in total. The van der Waals surface area contributed by atoms with Crippen LogP contribution in [0.15, 0.2) is 0 Å². The van der Waals surface area contributed by atoms with Gasteiger partial charge in [0, 0.05) is 5.41 Å². The van der Waals surface area contributed by atoms with Gasteiger partial charge in [-0.05, 0) is 25.1 Å². The van der Waals surface area contributed by atoms with Crippen LogP contribution < -0.4 is 0 Å². The molecule has 6 heteroatoms. The highest BCUT2D eigenvalue weighted by Crippen LogP contribution is 2.41. The predicted octanol–water partition coefficient (Wildman–Crippen LogP) is 4.32. The molecular formula is C16H31BrO4Si. The summed E-state index contributed by atoms with van der Waals surface area (Å²) in [6, 6.07) is 0. The second kappa shape index (κ2) is 7.58. The predicted molar refractivity (Wildman–Crippen MR) is 95.9 cm³/mol. The van der Waals surface area contributed by atoms with Crippen molar-refractivity contribution in [2.45, 2.75) is 77.0 Å². The van der Waals surface area contributed by atoms with Crippen LogP contribution in [-0.4, -0.2) is 38.1 Å². The SMILES string of the molecule is COC(=O)C[C@H](O[Si](C)(C)C(C)(C)C)C(C)(C)C(=O)C(C)Br. The zero-order valence-corrected chi connectivity index (χ0v) is 18.0. The van der Waals surface area contributed by atoms with Crippen molar-refractivity contribution in [3.8, 4) is 0 Å². The van der Waals surface area contributed by atoms with E-state index in [0.29, 0.717) is 0 Å². The second-order valence-electron chi connectivity index (χ2n) is 7.85. The van der Waals surface area contributed by atoms with Gasteiger partial charge in [-0.15, -0.1) is 0 Å². The van der Waals surface area contributed by atoms with E-state index in [2.05, 4.69) is 49.8 Å². The van der Waals surface area contributed by atoms with Crippen molar-refractivity contribution in [2.24, 2.45) is 5.41 Å². The van der Waals surface area contributed by atoms with Crippen molar-refractivity contribution in [1.29, 1.82) is 0 Å². The molecule has 0 heterocycles. The Balaban J connectivity index is 5.57. The number of ketones is 1. The molecule has 0 saturated carbocycles. The number of carbonyl (C=O) groups is 2.